The van der Waals surface area contributed by atoms with Gasteiger partial charge in [0.25, 0.3) is 5.91 Å². The van der Waals surface area contributed by atoms with Gasteiger partial charge in [-0.1, -0.05) is 0 Å². The Labute approximate surface area is 157 Å². The Morgan fingerprint density at radius 3 is 2.78 bits per heavy atom. The van der Waals surface area contributed by atoms with Gasteiger partial charge in [-0.2, -0.15) is 0 Å². The van der Waals surface area contributed by atoms with E-state index in [1.807, 2.05) is 34.2 Å². The Bertz CT molecular complexity index is 961. The fraction of sp³-hybridized carbons (Fsp3) is 0.350. The summed E-state index contributed by atoms with van der Waals surface area (Å²) >= 11 is 0. The summed E-state index contributed by atoms with van der Waals surface area (Å²) in [6.07, 6.45) is 2.95. The third kappa shape index (κ3) is 3.72. The van der Waals surface area contributed by atoms with Crippen LogP contribution in [0.25, 0.3) is 11.1 Å². The molecule has 1 N–H and O–H groups in total. The zero-order valence-electron chi connectivity index (χ0n) is 15.3. The summed E-state index contributed by atoms with van der Waals surface area (Å²) in [5.74, 6) is 0.635. The number of hydrogen-bond acceptors (Lipinski definition) is 4. The van der Waals surface area contributed by atoms with E-state index in [4.69, 9.17) is 4.42 Å². The van der Waals surface area contributed by atoms with E-state index in [1.165, 1.54) is 0 Å². The van der Waals surface area contributed by atoms with Crippen LogP contribution in [0.3, 0.4) is 0 Å². The average molecular weight is 366 g/mol. The molecule has 7 heteroatoms. The molecule has 2 amide bonds. The minimum atomic E-state index is -0.0374. The lowest BCUT2D eigenvalue weighted by atomic mass is 10.1. The maximum atomic E-state index is 12.9. The number of aryl methyl sites for hydroxylation is 1. The summed E-state index contributed by atoms with van der Waals surface area (Å²) in [6.45, 7) is 4.18. The van der Waals surface area contributed by atoms with Crippen LogP contribution >= 0.6 is 0 Å². The van der Waals surface area contributed by atoms with Gasteiger partial charge in [-0.3, -0.25) is 9.59 Å². The fourth-order valence-electron chi connectivity index (χ4n) is 3.48. The number of nitrogens with one attached hydrogen (secondary N) is 1. The lowest BCUT2D eigenvalue weighted by Gasteiger charge is -2.22. The molecular weight excluding hydrogens is 344 g/mol. The van der Waals surface area contributed by atoms with Crippen LogP contribution in [0.4, 0.5) is 0 Å². The van der Waals surface area contributed by atoms with Crippen LogP contribution in [-0.2, 0) is 11.2 Å². The highest BCUT2D eigenvalue weighted by Crippen LogP contribution is 2.19. The summed E-state index contributed by atoms with van der Waals surface area (Å²) < 4.78 is 5.53. The minimum absolute atomic E-state index is 0.0374. The van der Waals surface area contributed by atoms with Gasteiger partial charge in [-0.15, -0.1) is 0 Å². The molecule has 0 radical (unpaired) electrons. The van der Waals surface area contributed by atoms with Gasteiger partial charge < -0.3 is 19.2 Å². The lowest BCUT2D eigenvalue weighted by Crippen LogP contribution is -2.38. The van der Waals surface area contributed by atoms with E-state index in [9.17, 15) is 9.59 Å². The standard InChI is InChI=1S/C20H22N4O3/c1-14-22-17-6-5-15(12-18(17)27-14)20(26)24-9-3-8-23(10-11-24)19(25)13-16-4-2-7-21-16/h2,4-7,12,21H,3,8-11,13H2,1H3. The van der Waals surface area contributed by atoms with Crippen molar-refractivity contribution in [2.45, 2.75) is 19.8 Å². The number of nitrogens with zero attached hydrogens (tertiary/aromatic N) is 3. The number of aromatic amines is 1. The Morgan fingerprint density at radius 2 is 1.96 bits per heavy atom. The number of benzene rings is 1. The summed E-state index contributed by atoms with van der Waals surface area (Å²) in [5.41, 5.74) is 2.87. The predicted octanol–water partition coefficient (Wildman–Crippen LogP) is 2.38. The summed E-state index contributed by atoms with van der Waals surface area (Å²) in [4.78, 5) is 36.4. The number of oxazole rings is 1. The highest BCUT2D eigenvalue weighted by atomic mass is 16.3. The molecule has 0 saturated carbocycles. The summed E-state index contributed by atoms with van der Waals surface area (Å²) in [6, 6.07) is 9.14. The third-order valence-corrected chi connectivity index (χ3v) is 4.88. The van der Waals surface area contributed by atoms with E-state index in [-0.39, 0.29) is 11.8 Å². The average Bonchev–Trinajstić information content (AvgIpc) is 3.21. The molecule has 1 aromatic carbocycles. The SMILES string of the molecule is Cc1nc2ccc(C(=O)N3CCCN(C(=O)Cc4ccc[nH]4)CC3)cc2o1. The molecule has 27 heavy (non-hydrogen) atoms. The van der Waals surface area contributed by atoms with Gasteiger partial charge in [0.15, 0.2) is 11.5 Å². The Kier molecular flexibility index (Phi) is 4.66. The monoisotopic (exact) mass is 366 g/mol. The molecule has 0 atom stereocenters. The van der Waals surface area contributed by atoms with Gasteiger partial charge in [0.2, 0.25) is 5.91 Å². The van der Waals surface area contributed by atoms with Crippen molar-refractivity contribution in [2.24, 2.45) is 0 Å². The molecule has 0 unspecified atom stereocenters. The highest BCUT2D eigenvalue weighted by molar-refractivity contribution is 5.97. The molecule has 3 aromatic rings. The first kappa shape index (κ1) is 17.3. The topological polar surface area (TPSA) is 82.4 Å². The number of H-pyrrole nitrogens is 1. The van der Waals surface area contributed by atoms with Crippen molar-refractivity contribution in [3.8, 4) is 0 Å². The number of hydrogen-bond donors (Lipinski definition) is 1. The third-order valence-electron chi connectivity index (χ3n) is 4.88. The van der Waals surface area contributed by atoms with Crippen molar-refractivity contribution in [1.29, 1.82) is 0 Å². The Morgan fingerprint density at radius 1 is 1.15 bits per heavy atom. The highest BCUT2D eigenvalue weighted by Gasteiger charge is 2.23. The van der Waals surface area contributed by atoms with Crippen molar-refractivity contribution >= 4 is 22.9 Å². The van der Waals surface area contributed by atoms with Crippen LogP contribution in [0.1, 0.15) is 28.4 Å². The molecule has 0 aliphatic carbocycles. The molecule has 3 heterocycles. The molecule has 0 spiro atoms. The quantitative estimate of drug-likeness (QED) is 0.772. The van der Waals surface area contributed by atoms with Crippen molar-refractivity contribution < 1.29 is 14.0 Å². The summed E-state index contributed by atoms with van der Waals surface area (Å²) in [5, 5.41) is 0. The van der Waals surface area contributed by atoms with E-state index in [0.29, 0.717) is 49.6 Å². The van der Waals surface area contributed by atoms with Crippen molar-refractivity contribution in [1.82, 2.24) is 19.8 Å². The van der Waals surface area contributed by atoms with Crippen LogP contribution in [-0.4, -0.2) is 57.8 Å². The largest absolute Gasteiger partial charge is 0.441 e. The van der Waals surface area contributed by atoms with E-state index in [2.05, 4.69) is 9.97 Å². The molecule has 140 valence electrons. The number of amides is 2. The van der Waals surface area contributed by atoms with Gasteiger partial charge in [0, 0.05) is 50.6 Å². The molecule has 0 bridgehead atoms. The molecule has 2 aromatic heterocycles. The first-order valence-corrected chi connectivity index (χ1v) is 9.16. The first-order chi connectivity index (χ1) is 13.1. The van der Waals surface area contributed by atoms with Crippen LogP contribution in [0.5, 0.6) is 0 Å². The van der Waals surface area contributed by atoms with Crippen LogP contribution in [0.2, 0.25) is 0 Å². The number of aromatic nitrogens is 2. The van der Waals surface area contributed by atoms with E-state index in [1.54, 1.807) is 19.1 Å². The Hall–Kier alpha value is -3.09. The minimum Gasteiger partial charge on any atom is -0.441 e. The maximum Gasteiger partial charge on any atom is 0.254 e. The van der Waals surface area contributed by atoms with Gasteiger partial charge >= 0.3 is 0 Å². The second-order valence-electron chi connectivity index (χ2n) is 6.81. The number of fused-ring (bicyclic) bond motifs is 1. The zero-order valence-corrected chi connectivity index (χ0v) is 15.3. The molecule has 1 saturated heterocycles. The normalized spacial score (nSPS) is 15.1. The molecular formula is C20H22N4O3. The van der Waals surface area contributed by atoms with E-state index in [0.717, 1.165) is 17.6 Å². The van der Waals surface area contributed by atoms with Crippen molar-refractivity contribution in [3.63, 3.8) is 0 Å². The molecule has 4 rings (SSSR count). The number of carbonyl (C=O) groups is 2. The van der Waals surface area contributed by atoms with E-state index < -0.39 is 0 Å². The maximum absolute atomic E-state index is 12.9. The van der Waals surface area contributed by atoms with Gasteiger partial charge in [-0.25, -0.2) is 4.98 Å². The molecule has 1 aliphatic heterocycles. The molecule has 1 aliphatic rings. The Balaban J connectivity index is 1.42. The first-order valence-electron chi connectivity index (χ1n) is 9.16. The van der Waals surface area contributed by atoms with Crippen molar-refractivity contribution in [3.05, 3.63) is 53.7 Å². The molecule has 1 fully saturated rings. The second kappa shape index (κ2) is 7.26. The van der Waals surface area contributed by atoms with Crippen LogP contribution in [0, 0.1) is 6.92 Å². The summed E-state index contributed by atoms with van der Waals surface area (Å²) in [7, 11) is 0. The predicted molar refractivity (Wildman–Crippen MR) is 100 cm³/mol. The van der Waals surface area contributed by atoms with Crippen molar-refractivity contribution in [2.75, 3.05) is 26.2 Å². The fourth-order valence-corrected chi connectivity index (χ4v) is 3.48. The molecule has 7 nitrogen and oxygen atoms in total. The van der Waals surface area contributed by atoms with Gasteiger partial charge in [-0.05, 0) is 36.8 Å². The lowest BCUT2D eigenvalue weighted by molar-refractivity contribution is -0.130. The smallest absolute Gasteiger partial charge is 0.254 e. The number of carbonyl (C=O) groups excluding carboxylic acids is 2. The van der Waals surface area contributed by atoms with Gasteiger partial charge in [0.1, 0.15) is 5.52 Å². The van der Waals surface area contributed by atoms with Crippen LogP contribution in [0.15, 0.2) is 40.9 Å². The number of rotatable bonds is 3. The van der Waals surface area contributed by atoms with Crippen LogP contribution < -0.4 is 0 Å². The second-order valence-corrected chi connectivity index (χ2v) is 6.81. The van der Waals surface area contributed by atoms with E-state index >= 15 is 0 Å². The zero-order chi connectivity index (χ0) is 18.8. The van der Waals surface area contributed by atoms with Gasteiger partial charge in [0.05, 0.1) is 6.42 Å².